The van der Waals surface area contributed by atoms with Crippen LogP contribution < -0.4 is 9.47 Å². The van der Waals surface area contributed by atoms with Gasteiger partial charge in [0.25, 0.3) is 0 Å². The lowest BCUT2D eigenvalue weighted by Gasteiger charge is -2.10. The van der Waals surface area contributed by atoms with E-state index in [1.165, 1.54) is 12.4 Å². The molecule has 4 nitrogen and oxygen atoms in total. The highest BCUT2D eigenvalue weighted by molar-refractivity contribution is 5.83. The largest absolute Gasteiger partial charge is 0.496 e. The maximum atomic E-state index is 13.7. The van der Waals surface area contributed by atoms with Crippen molar-refractivity contribution in [1.29, 1.82) is 0 Å². The molecule has 22 heavy (non-hydrogen) atoms. The number of nitrogens with zero attached hydrogens (tertiary/aromatic N) is 2. The maximum Gasteiger partial charge on any atom is 0.224 e. The van der Waals surface area contributed by atoms with E-state index in [-0.39, 0.29) is 11.3 Å². The van der Waals surface area contributed by atoms with Crippen LogP contribution in [-0.4, -0.2) is 23.7 Å². The van der Waals surface area contributed by atoms with Gasteiger partial charge in [-0.2, -0.15) is 0 Å². The summed E-state index contributed by atoms with van der Waals surface area (Å²) in [4.78, 5) is 8.04. The van der Waals surface area contributed by atoms with Crippen molar-refractivity contribution < 1.29 is 13.9 Å². The first-order valence-corrected chi connectivity index (χ1v) is 6.93. The number of ether oxygens (including phenoxy) is 2. The Bertz CT molecular complexity index is 792. The minimum atomic E-state index is -0.380. The first kappa shape index (κ1) is 14.3. The first-order valence-electron chi connectivity index (χ1n) is 6.93. The molecule has 0 aliphatic heterocycles. The summed E-state index contributed by atoms with van der Waals surface area (Å²) in [6.07, 6.45) is 1.98. The van der Waals surface area contributed by atoms with E-state index in [0.29, 0.717) is 24.3 Å². The van der Waals surface area contributed by atoms with Crippen LogP contribution in [0.3, 0.4) is 0 Å². The van der Waals surface area contributed by atoms with E-state index in [0.717, 1.165) is 11.3 Å². The molecule has 0 bridgehead atoms. The van der Waals surface area contributed by atoms with Gasteiger partial charge in [-0.05, 0) is 23.8 Å². The number of para-hydroxylation sites is 2. The molecule has 0 amide bonds. The van der Waals surface area contributed by atoms with Crippen LogP contribution in [0.5, 0.6) is 11.6 Å². The molecular weight excluding hydrogens is 283 g/mol. The summed E-state index contributed by atoms with van der Waals surface area (Å²) in [5, 5.41) is 0.572. The van der Waals surface area contributed by atoms with Gasteiger partial charge in [0.2, 0.25) is 5.88 Å². The third-order valence-electron chi connectivity index (χ3n) is 3.38. The zero-order valence-corrected chi connectivity index (χ0v) is 12.1. The van der Waals surface area contributed by atoms with Crippen molar-refractivity contribution in [1.82, 2.24) is 9.97 Å². The SMILES string of the molecule is COc1ccccc1CCOc1ncnc2c(F)cccc12. The summed E-state index contributed by atoms with van der Waals surface area (Å²) >= 11 is 0. The van der Waals surface area contributed by atoms with Gasteiger partial charge in [-0.15, -0.1) is 0 Å². The maximum absolute atomic E-state index is 13.7. The first-order chi connectivity index (χ1) is 10.8. The fourth-order valence-electron chi connectivity index (χ4n) is 2.31. The summed E-state index contributed by atoms with van der Waals surface area (Å²) in [5.41, 5.74) is 1.32. The summed E-state index contributed by atoms with van der Waals surface area (Å²) < 4.78 is 24.7. The second-order valence-corrected chi connectivity index (χ2v) is 4.73. The van der Waals surface area contributed by atoms with Crippen LogP contribution in [0.4, 0.5) is 4.39 Å². The molecule has 0 saturated carbocycles. The Hall–Kier alpha value is -2.69. The van der Waals surface area contributed by atoms with E-state index in [1.807, 2.05) is 24.3 Å². The molecule has 3 rings (SSSR count). The van der Waals surface area contributed by atoms with Crippen LogP contribution in [0.25, 0.3) is 10.9 Å². The second kappa shape index (κ2) is 6.39. The number of methoxy groups -OCH3 is 1. The predicted octanol–water partition coefficient (Wildman–Crippen LogP) is 3.40. The Labute approximate surface area is 127 Å². The van der Waals surface area contributed by atoms with Gasteiger partial charge in [0, 0.05) is 6.42 Å². The van der Waals surface area contributed by atoms with Gasteiger partial charge in [0.15, 0.2) is 0 Å². The summed E-state index contributed by atoms with van der Waals surface area (Å²) in [6.45, 7) is 0.420. The topological polar surface area (TPSA) is 44.2 Å². The third kappa shape index (κ3) is 2.83. The van der Waals surface area contributed by atoms with Crippen LogP contribution in [0, 0.1) is 5.82 Å². The van der Waals surface area contributed by atoms with Gasteiger partial charge >= 0.3 is 0 Å². The van der Waals surface area contributed by atoms with Crippen LogP contribution in [-0.2, 0) is 6.42 Å². The van der Waals surface area contributed by atoms with Crippen molar-refractivity contribution in [2.24, 2.45) is 0 Å². The van der Waals surface area contributed by atoms with Crippen molar-refractivity contribution in [3.8, 4) is 11.6 Å². The zero-order chi connectivity index (χ0) is 15.4. The number of hydrogen-bond donors (Lipinski definition) is 0. The van der Waals surface area contributed by atoms with Crippen molar-refractivity contribution >= 4 is 10.9 Å². The van der Waals surface area contributed by atoms with Gasteiger partial charge in [-0.25, -0.2) is 14.4 Å². The standard InChI is InChI=1S/C17H15FN2O2/c1-21-15-8-3-2-5-12(15)9-10-22-17-13-6-4-7-14(18)16(13)19-11-20-17/h2-8,11H,9-10H2,1H3. The third-order valence-corrected chi connectivity index (χ3v) is 3.38. The molecule has 0 fully saturated rings. The molecule has 5 heteroatoms. The number of benzene rings is 2. The molecule has 0 N–H and O–H groups in total. The number of hydrogen-bond acceptors (Lipinski definition) is 4. The van der Waals surface area contributed by atoms with E-state index < -0.39 is 0 Å². The van der Waals surface area contributed by atoms with E-state index >= 15 is 0 Å². The molecule has 0 saturated heterocycles. The smallest absolute Gasteiger partial charge is 0.224 e. The number of aromatic nitrogens is 2. The zero-order valence-electron chi connectivity index (χ0n) is 12.1. The second-order valence-electron chi connectivity index (χ2n) is 4.73. The lowest BCUT2D eigenvalue weighted by Crippen LogP contribution is -2.05. The Balaban J connectivity index is 1.76. The molecule has 112 valence electrons. The molecule has 0 aliphatic carbocycles. The summed E-state index contributed by atoms with van der Waals surface area (Å²) in [6, 6.07) is 12.5. The highest BCUT2D eigenvalue weighted by Crippen LogP contribution is 2.24. The molecule has 1 aromatic heterocycles. The van der Waals surface area contributed by atoms with E-state index in [1.54, 1.807) is 19.2 Å². The minimum Gasteiger partial charge on any atom is -0.496 e. The van der Waals surface area contributed by atoms with Crippen LogP contribution in [0.15, 0.2) is 48.8 Å². The lowest BCUT2D eigenvalue weighted by atomic mass is 10.1. The van der Waals surface area contributed by atoms with E-state index in [9.17, 15) is 4.39 Å². The van der Waals surface area contributed by atoms with Crippen molar-refractivity contribution in [3.05, 3.63) is 60.2 Å². The van der Waals surface area contributed by atoms with Crippen LogP contribution in [0.2, 0.25) is 0 Å². The van der Waals surface area contributed by atoms with Crippen molar-refractivity contribution in [3.63, 3.8) is 0 Å². The number of rotatable bonds is 5. The minimum absolute atomic E-state index is 0.268. The lowest BCUT2D eigenvalue weighted by molar-refractivity contribution is 0.310. The molecule has 0 aliphatic rings. The van der Waals surface area contributed by atoms with E-state index in [2.05, 4.69) is 9.97 Å². The fraction of sp³-hybridized carbons (Fsp3) is 0.176. The summed E-state index contributed by atoms with van der Waals surface area (Å²) in [5.74, 6) is 0.832. The van der Waals surface area contributed by atoms with Crippen molar-refractivity contribution in [2.75, 3.05) is 13.7 Å². The van der Waals surface area contributed by atoms with Gasteiger partial charge in [0.05, 0.1) is 19.1 Å². The molecular formula is C17H15FN2O2. The average Bonchev–Trinajstić information content (AvgIpc) is 2.56. The van der Waals surface area contributed by atoms with E-state index in [4.69, 9.17) is 9.47 Å². The molecule has 0 radical (unpaired) electrons. The Morgan fingerprint density at radius 1 is 1.05 bits per heavy atom. The number of halogens is 1. The van der Waals surface area contributed by atoms with Crippen LogP contribution >= 0.6 is 0 Å². The molecule has 1 heterocycles. The molecule has 2 aromatic carbocycles. The monoisotopic (exact) mass is 298 g/mol. The predicted molar refractivity (Wildman–Crippen MR) is 81.7 cm³/mol. The molecule has 3 aromatic rings. The Morgan fingerprint density at radius 2 is 1.91 bits per heavy atom. The quantitative estimate of drug-likeness (QED) is 0.724. The Kier molecular flexibility index (Phi) is 4.14. The molecule has 0 unspecified atom stereocenters. The van der Waals surface area contributed by atoms with Gasteiger partial charge in [-0.1, -0.05) is 24.3 Å². The summed E-state index contributed by atoms with van der Waals surface area (Å²) in [7, 11) is 1.64. The van der Waals surface area contributed by atoms with Crippen LogP contribution in [0.1, 0.15) is 5.56 Å². The Morgan fingerprint density at radius 3 is 2.77 bits per heavy atom. The average molecular weight is 298 g/mol. The van der Waals surface area contributed by atoms with Gasteiger partial charge in [0.1, 0.15) is 23.4 Å². The normalized spacial score (nSPS) is 10.6. The van der Waals surface area contributed by atoms with Gasteiger partial charge in [-0.3, -0.25) is 0 Å². The van der Waals surface area contributed by atoms with Crippen molar-refractivity contribution in [2.45, 2.75) is 6.42 Å². The molecule has 0 spiro atoms. The van der Waals surface area contributed by atoms with Gasteiger partial charge < -0.3 is 9.47 Å². The highest BCUT2D eigenvalue weighted by atomic mass is 19.1. The number of fused-ring (bicyclic) bond motifs is 1. The molecule has 0 atom stereocenters. The highest BCUT2D eigenvalue weighted by Gasteiger charge is 2.09. The fourth-order valence-corrected chi connectivity index (χ4v) is 2.31.